The van der Waals surface area contributed by atoms with E-state index in [0.29, 0.717) is 25.8 Å². The van der Waals surface area contributed by atoms with Crippen LogP contribution in [0.1, 0.15) is 37.3 Å². The minimum atomic E-state index is -4.56. The zero-order valence-corrected chi connectivity index (χ0v) is 14.5. The molecule has 0 amide bonds. The lowest BCUT2D eigenvalue weighted by Crippen LogP contribution is -2.46. The first-order valence-corrected chi connectivity index (χ1v) is 9.72. The zero-order chi connectivity index (χ0) is 17.8. The van der Waals surface area contributed by atoms with E-state index in [-0.39, 0.29) is 11.6 Å². The van der Waals surface area contributed by atoms with Gasteiger partial charge in [-0.3, -0.25) is 0 Å². The molecule has 0 unspecified atom stereocenters. The number of piperidine rings is 1. The van der Waals surface area contributed by atoms with Gasteiger partial charge in [0.2, 0.25) is 10.0 Å². The number of hydrogen-bond donors (Lipinski definition) is 1. The van der Waals surface area contributed by atoms with E-state index in [1.165, 1.54) is 22.5 Å². The Morgan fingerprint density at radius 1 is 1.21 bits per heavy atom. The molecule has 0 bridgehead atoms. The monoisotopic (exact) mass is 364 g/mol. The molecular weight excluding hydrogens is 341 g/mol. The van der Waals surface area contributed by atoms with Crippen LogP contribution in [-0.2, 0) is 22.0 Å². The highest BCUT2D eigenvalue weighted by Crippen LogP contribution is 2.33. The lowest BCUT2D eigenvalue weighted by atomic mass is 10.1. The quantitative estimate of drug-likeness (QED) is 0.844. The third kappa shape index (κ3) is 4.70. The Morgan fingerprint density at radius 2 is 1.83 bits per heavy atom. The predicted octanol–water partition coefficient (Wildman–Crippen LogP) is 3.00. The van der Waals surface area contributed by atoms with Crippen LogP contribution in [0.3, 0.4) is 0 Å². The highest BCUT2D eigenvalue weighted by molar-refractivity contribution is 7.88. The average molecular weight is 364 g/mol. The van der Waals surface area contributed by atoms with Crippen molar-refractivity contribution in [1.29, 1.82) is 0 Å². The van der Waals surface area contributed by atoms with Crippen LogP contribution >= 0.6 is 0 Å². The Kier molecular flexibility index (Phi) is 6.28. The summed E-state index contributed by atoms with van der Waals surface area (Å²) in [4.78, 5) is 0. The SMILES string of the molecule is CCCN(C1CCNCC1)S(=O)(=O)Cc1ccccc1C(F)(F)F. The van der Waals surface area contributed by atoms with Gasteiger partial charge in [0.05, 0.1) is 11.3 Å². The van der Waals surface area contributed by atoms with E-state index in [9.17, 15) is 21.6 Å². The second-order valence-electron chi connectivity index (χ2n) is 6.00. The number of rotatable bonds is 6. The molecule has 2 rings (SSSR count). The standard InChI is InChI=1S/C16H23F3N2O2S/c1-2-11-21(14-7-9-20-10-8-14)24(22,23)12-13-5-3-4-6-15(13)16(17,18)19/h3-6,14,20H,2,7-12H2,1H3. The van der Waals surface area contributed by atoms with Gasteiger partial charge in [-0.1, -0.05) is 25.1 Å². The maximum Gasteiger partial charge on any atom is 0.416 e. The van der Waals surface area contributed by atoms with Gasteiger partial charge in [-0.05, 0) is 44.0 Å². The summed E-state index contributed by atoms with van der Waals surface area (Å²) in [6, 6.07) is 4.74. The van der Waals surface area contributed by atoms with Crippen LogP contribution in [0.25, 0.3) is 0 Å². The number of nitrogens with zero attached hydrogens (tertiary/aromatic N) is 1. The number of alkyl halides is 3. The van der Waals surface area contributed by atoms with Crippen LogP contribution in [-0.4, -0.2) is 38.4 Å². The van der Waals surface area contributed by atoms with E-state index in [1.807, 2.05) is 6.92 Å². The van der Waals surface area contributed by atoms with Crippen LogP contribution in [0.4, 0.5) is 13.2 Å². The second kappa shape index (κ2) is 7.84. The summed E-state index contributed by atoms with van der Waals surface area (Å²) >= 11 is 0. The Morgan fingerprint density at radius 3 is 2.42 bits per heavy atom. The fourth-order valence-corrected chi connectivity index (χ4v) is 5.00. The highest BCUT2D eigenvalue weighted by Gasteiger charge is 2.36. The second-order valence-corrected chi connectivity index (χ2v) is 7.92. The van der Waals surface area contributed by atoms with Crippen molar-refractivity contribution in [3.05, 3.63) is 35.4 Å². The Hall–Kier alpha value is -1.12. The normalized spacial score (nSPS) is 17.4. The summed E-state index contributed by atoms with van der Waals surface area (Å²) in [5.41, 5.74) is -1.07. The maximum absolute atomic E-state index is 13.1. The van der Waals surface area contributed by atoms with E-state index >= 15 is 0 Å². The Bertz CT molecular complexity index is 641. The van der Waals surface area contributed by atoms with Crippen molar-refractivity contribution in [2.24, 2.45) is 0 Å². The van der Waals surface area contributed by atoms with Gasteiger partial charge in [0.25, 0.3) is 0 Å². The average Bonchev–Trinajstić information content (AvgIpc) is 2.52. The van der Waals surface area contributed by atoms with Crippen molar-refractivity contribution < 1.29 is 21.6 Å². The smallest absolute Gasteiger partial charge is 0.317 e. The van der Waals surface area contributed by atoms with Gasteiger partial charge in [-0.25, -0.2) is 8.42 Å². The molecule has 0 aliphatic carbocycles. The minimum Gasteiger partial charge on any atom is -0.317 e. The molecule has 1 heterocycles. The van der Waals surface area contributed by atoms with Crippen molar-refractivity contribution in [3.63, 3.8) is 0 Å². The fraction of sp³-hybridized carbons (Fsp3) is 0.625. The third-order valence-electron chi connectivity index (χ3n) is 4.18. The van der Waals surface area contributed by atoms with Gasteiger partial charge in [-0.15, -0.1) is 0 Å². The van der Waals surface area contributed by atoms with E-state index < -0.39 is 27.5 Å². The molecule has 1 aromatic carbocycles. The van der Waals surface area contributed by atoms with Gasteiger partial charge >= 0.3 is 6.18 Å². The van der Waals surface area contributed by atoms with Gasteiger partial charge < -0.3 is 5.32 Å². The third-order valence-corrected chi connectivity index (χ3v) is 6.05. The minimum absolute atomic E-state index is 0.144. The first kappa shape index (κ1) is 19.2. The van der Waals surface area contributed by atoms with Gasteiger partial charge in [0, 0.05) is 12.6 Å². The lowest BCUT2D eigenvalue weighted by Gasteiger charge is -2.33. The van der Waals surface area contributed by atoms with E-state index in [1.54, 1.807) is 0 Å². The summed E-state index contributed by atoms with van der Waals surface area (Å²) in [5.74, 6) is -0.618. The fourth-order valence-electron chi connectivity index (χ4n) is 3.07. The van der Waals surface area contributed by atoms with Crippen molar-refractivity contribution in [1.82, 2.24) is 9.62 Å². The Balaban J connectivity index is 2.28. The molecule has 0 radical (unpaired) electrons. The molecule has 0 spiro atoms. The molecule has 1 aliphatic heterocycles. The summed E-state index contributed by atoms with van der Waals surface area (Å²) in [6.45, 7) is 3.65. The summed E-state index contributed by atoms with van der Waals surface area (Å²) in [5, 5.41) is 3.17. The molecule has 0 saturated carbocycles. The van der Waals surface area contributed by atoms with Crippen LogP contribution < -0.4 is 5.32 Å². The number of hydrogen-bond acceptors (Lipinski definition) is 3. The first-order chi connectivity index (χ1) is 11.3. The molecule has 24 heavy (non-hydrogen) atoms. The molecule has 8 heteroatoms. The molecule has 1 aliphatic rings. The Labute approximate surface area is 141 Å². The molecule has 1 saturated heterocycles. The number of sulfonamides is 1. The predicted molar refractivity (Wildman–Crippen MR) is 87.0 cm³/mol. The van der Waals surface area contributed by atoms with Crippen LogP contribution in [0, 0.1) is 0 Å². The summed E-state index contributed by atoms with van der Waals surface area (Å²) < 4.78 is 66.3. The van der Waals surface area contributed by atoms with Crippen molar-refractivity contribution in [2.75, 3.05) is 19.6 Å². The van der Waals surface area contributed by atoms with E-state index in [2.05, 4.69) is 5.32 Å². The zero-order valence-electron chi connectivity index (χ0n) is 13.6. The molecule has 136 valence electrons. The number of benzene rings is 1. The van der Waals surface area contributed by atoms with E-state index in [4.69, 9.17) is 0 Å². The van der Waals surface area contributed by atoms with Gasteiger partial charge in [0.1, 0.15) is 0 Å². The number of nitrogens with one attached hydrogen (secondary N) is 1. The van der Waals surface area contributed by atoms with Crippen molar-refractivity contribution in [2.45, 2.75) is 44.2 Å². The molecule has 4 nitrogen and oxygen atoms in total. The summed E-state index contributed by atoms with van der Waals surface area (Å²) in [7, 11) is -3.81. The van der Waals surface area contributed by atoms with Crippen LogP contribution in [0.2, 0.25) is 0 Å². The molecule has 1 fully saturated rings. The van der Waals surface area contributed by atoms with Crippen molar-refractivity contribution in [3.8, 4) is 0 Å². The summed E-state index contributed by atoms with van der Waals surface area (Å²) in [6.07, 6.45) is -2.57. The molecule has 0 atom stereocenters. The molecule has 0 aromatic heterocycles. The number of halogens is 3. The first-order valence-electron chi connectivity index (χ1n) is 8.11. The highest BCUT2D eigenvalue weighted by atomic mass is 32.2. The topological polar surface area (TPSA) is 49.4 Å². The largest absolute Gasteiger partial charge is 0.416 e. The molecular formula is C16H23F3N2O2S. The van der Waals surface area contributed by atoms with Gasteiger partial charge in [-0.2, -0.15) is 17.5 Å². The van der Waals surface area contributed by atoms with Crippen molar-refractivity contribution >= 4 is 10.0 Å². The lowest BCUT2D eigenvalue weighted by molar-refractivity contribution is -0.138. The van der Waals surface area contributed by atoms with Gasteiger partial charge in [0.15, 0.2) is 0 Å². The maximum atomic E-state index is 13.1. The molecule has 1 aromatic rings. The molecule has 1 N–H and O–H groups in total. The van der Waals surface area contributed by atoms with Crippen LogP contribution in [0.15, 0.2) is 24.3 Å². The van der Waals surface area contributed by atoms with Crippen LogP contribution in [0.5, 0.6) is 0 Å². The van der Waals surface area contributed by atoms with E-state index in [0.717, 1.165) is 19.2 Å².